The van der Waals surface area contributed by atoms with Crippen LogP contribution in [0.15, 0.2) is 58.3 Å². The van der Waals surface area contributed by atoms with Crippen molar-refractivity contribution in [3.63, 3.8) is 0 Å². The molecule has 166 valence electrons. The van der Waals surface area contributed by atoms with Gasteiger partial charge < -0.3 is 5.32 Å². The number of sulfone groups is 1. The Morgan fingerprint density at radius 1 is 0.903 bits per heavy atom. The highest BCUT2D eigenvalue weighted by Gasteiger charge is 2.34. The molecule has 1 saturated heterocycles. The third-order valence-electron chi connectivity index (χ3n) is 5.25. The lowest BCUT2D eigenvalue weighted by Gasteiger charge is -2.31. The van der Waals surface area contributed by atoms with E-state index in [9.17, 15) is 26.4 Å². The lowest BCUT2D eigenvalue weighted by atomic mass is 9.97. The van der Waals surface area contributed by atoms with Gasteiger partial charge in [0.25, 0.3) is 0 Å². The summed E-state index contributed by atoms with van der Waals surface area (Å²) in [4.78, 5) is 23.4. The SMILES string of the molecule is CC(=O)c1ccc(NC(=O)C2CCN(S(=O)(=O)c3ccccc3S(C)(=O)=O)CC2)cc1. The van der Waals surface area contributed by atoms with Crippen LogP contribution in [0, 0.1) is 5.92 Å². The van der Waals surface area contributed by atoms with E-state index in [0.29, 0.717) is 24.1 Å². The number of piperidine rings is 1. The zero-order valence-corrected chi connectivity index (χ0v) is 18.9. The number of nitrogens with zero attached hydrogens (tertiary/aromatic N) is 1. The predicted octanol–water partition coefficient (Wildman–Crippen LogP) is 2.33. The van der Waals surface area contributed by atoms with Crippen LogP contribution in [0.1, 0.15) is 30.1 Å². The Morgan fingerprint density at radius 3 is 1.97 bits per heavy atom. The molecule has 1 heterocycles. The number of hydrogen-bond acceptors (Lipinski definition) is 6. The number of carbonyl (C=O) groups excluding carboxylic acids is 2. The van der Waals surface area contributed by atoms with Crippen LogP contribution in [-0.2, 0) is 24.7 Å². The van der Waals surface area contributed by atoms with Gasteiger partial charge in [-0.2, -0.15) is 4.31 Å². The lowest BCUT2D eigenvalue weighted by Crippen LogP contribution is -2.41. The van der Waals surface area contributed by atoms with E-state index in [0.717, 1.165) is 6.26 Å². The molecule has 2 aromatic carbocycles. The smallest absolute Gasteiger partial charge is 0.244 e. The van der Waals surface area contributed by atoms with Gasteiger partial charge >= 0.3 is 0 Å². The van der Waals surface area contributed by atoms with Gasteiger partial charge in [0.15, 0.2) is 15.6 Å². The van der Waals surface area contributed by atoms with Crippen LogP contribution in [0.2, 0.25) is 0 Å². The van der Waals surface area contributed by atoms with Crippen molar-refractivity contribution in [1.29, 1.82) is 0 Å². The number of hydrogen-bond donors (Lipinski definition) is 1. The van der Waals surface area contributed by atoms with Crippen molar-refractivity contribution in [2.45, 2.75) is 29.6 Å². The van der Waals surface area contributed by atoms with Gasteiger partial charge in [-0.05, 0) is 56.2 Å². The molecule has 0 bridgehead atoms. The first-order valence-electron chi connectivity index (χ1n) is 9.71. The number of ketones is 1. The molecular weight excluding hydrogens is 440 g/mol. The standard InChI is InChI=1S/C21H24N2O6S2/c1-15(24)16-7-9-18(10-8-16)22-21(25)17-11-13-23(14-12-17)31(28,29)20-6-4-3-5-19(20)30(2,26)27/h3-10,17H,11-14H2,1-2H3,(H,22,25). The number of anilines is 1. The molecule has 0 saturated carbocycles. The number of amides is 1. The molecular formula is C21H24N2O6S2. The van der Waals surface area contributed by atoms with E-state index >= 15 is 0 Å². The van der Waals surface area contributed by atoms with Crippen molar-refractivity contribution in [1.82, 2.24) is 4.31 Å². The Balaban J connectivity index is 1.68. The third kappa shape index (κ3) is 5.20. The zero-order chi connectivity index (χ0) is 22.8. The van der Waals surface area contributed by atoms with Gasteiger partial charge in [-0.25, -0.2) is 16.8 Å². The van der Waals surface area contributed by atoms with E-state index in [1.165, 1.54) is 35.5 Å². The summed E-state index contributed by atoms with van der Waals surface area (Å²) in [5.74, 6) is -0.655. The minimum absolute atomic E-state index is 0.0658. The van der Waals surface area contributed by atoms with Crippen molar-refractivity contribution in [2.75, 3.05) is 24.7 Å². The number of Topliss-reactive ketones (excluding diaryl/α,β-unsaturated/α-hetero) is 1. The molecule has 0 radical (unpaired) electrons. The van der Waals surface area contributed by atoms with E-state index < -0.39 is 19.9 Å². The second kappa shape index (κ2) is 8.89. The minimum Gasteiger partial charge on any atom is -0.326 e. The van der Waals surface area contributed by atoms with Crippen molar-refractivity contribution in [2.24, 2.45) is 5.92 Å². The summed E-state index contributed by atoms with van der Waals surface area (Å²) in [5.41, 5.74) is 1.11. The molecule has 3 rings (SSSR count). The highest BCUT2D eigenvalue weighted by molar-refractivity contribution is 7.93. The molecule has 0 atom stereocenters. The van der Waals surface area contributed by atoms with Gasteiger partial charge in [0.1, 0.15) is 4.90 Å². The summed E-state index contributed by atoms with van der Waals surface area (Å²) >= 11 is 0. The third-order valence-corrected chi connectivity index (χ3v) is 8.49. The van der Waals surface area contributed by atoms with Crippen LogP contribution in [0.5, 0.6) is 0 Å². The fourth-order valence-electron chi connectivity index (χ4n) is 3.50. The maximum atomic E-state index is 13.0. The average Bonchev–Trinajstić information content (AvgIpc) is 2.73. The topological polar surface area (TPSA) is 118 Å². The molecule has 0 spiro atoms. The molecule has 1 fully saturated rings. The number of benzene rings is 2. The fourth-order valence-corrected chi connectivity index (χ4v) is 6.57. The highest BCUT2D eigenvalue weighted by Crippen LogP contribution is 2.28. The van der Waals surface area contributed by atoms with Gasteiger partial charge in [0, 0.05) is 36.5 Å². The molecule has 2 aromatic rings. The van der Waals surface area contributed by atoms with E-state index in [1.54, 1.807) is 24.3 Å². The summed E-state index contributed by atoms with van der Waals surface area (Å²) in [6.45, 7) is 1.69. The van der Waals surface area contributed by atoms with Crippen LogP contribution < -0.4 is 5.32 Å². The van der Waals surface area contributed by atoms with Crippen LogP contribution in [0.25, 0.3) is 0 Å². The summed E-state index contributed by atoms with van der Waals surface area (Å²) in [7, 11) is -7.72. The van der Waals surface area contributed by atoms with Gasteiger partial charge in [-0.1, -0.05) is 12.1 Å². The summed E-state index contributed by atoms with van der Waals surface area (Å²) in [5, 5.41) is 2.79. The van der Waals surface area contributed by atoms with Crippen LogP contribution >= 0.6 is 0 Å². The number of sulfonamides is 1. The van der Waals surface area contributed by atoms with Crippen LogP contribution in [-0.4, -0.2) is 52.2 Å². The second-order valence-corrected chi connectivity index (χ2v) is 11.4. The average molecular weight is 465 g/mol. The van der Waals surface area contributed by atoms with Crippen molar-refractivity contribution in [3.05, 3.63) is 54.1 Å². The largest absolute Gasteiger partial charge is 0.326 e. The first kappa shape index (κ1) is 23.1. The van der Waals surface area contributed by atoms with Gasteiger partial charge in [0.2, 0.25) is 15.9 Å². The van der Waals surface area contributed by atoms with E-state index in [2.05, 4.69) is 5.32 Å². The molecule has 0 aliphatic carbocycles. The van der Waals surface area contributed by atoms with E-state index in [-0.39, 0.29) is 40.5 Å². The molecule has 0 aromatic heterocycles. The Morgan fingerprint density at radius 2 is 1.45 bits per heavy atom. The summed E-state index contributed by atoms with van der Waals surface area (Å²) in [6, 6.07) is 12.1. The molecule has 1 N–H and O–H groups in total. The Labute approximate surface area is 182 Å². The van der Waals surface area contributed by atoms with E-state index in [1.807, 2.05) is 0 Å². The van der Waals surface area contributed by atoms with Crippen LogP contribution in [0.3, 0.4) is 0 Å². The van der Waals surface area contributed by atoms with Crippen molar-refractivity contribution >= 4 is 37.2 Å². The molecule has 8 nitrogen and oxygen atoms in total. The van der Waals surface area contributed by atoms with E-state index in [4.69, 9.17) is 0 Å². The lowest BCUT2D eigenvalue weighted by molar-refractivity contribution is -0.120. The predicted molar refractivity (Wildman–Crippen MR) is 116 cm³/mol. The molecule has 1 aliphatic rings. The summed E-state index contributed by atoms with van der Waals surface area (Å²) < 4.78 is 51.3. The maximum Gasteiger partial charge on any atom is 0.244 e. The normalized spacial score (nSPS) is 16.1. The summed E-state index contributed by atoms with van der Waals surface area (Å²) in [6.07, 6.45) is 1.61. The van der Waals surface area contributed by atoms with Gasteiger partial charge in [-0.15, -0.1) is 0 Å². The quantitative estimate of drug-likeness (QED) is 0.656. The zero-order valence-electron chi connectivity index (χ0n) is 17.2. The monoisotopic (exact) mass is 464 g/mol. The Kier molecular flexibility index (Phi) is 6.63. The first-order valence-corrected chi connectivity index (χ1v) is 13.0. The fraction of sp³-hybridized carbons (Fsp3) is 0.333. The van der Waals surface area contributed by atoms with Crippen molar-refractivity contribution < 1.29 is 26.4 Å². The van der Waals surface area contributed by atoms with Crippen LogP contribution in [0.4, 0.5) is 5.69 Å². The Bertz CT molecular complexity index is 1200. The molecule has 1 aliphatic heterocycles. The molecule has 31 heavy (non-hydrogen) atoms. The molecule has 1 amide bonds. The number of carbonyl (C=O) groups is 2. The minimum atomic E-state index is -4.01. The van der Waals surface area contributed by atoms with Gasteiger partial charge in [0.05, 0.1) is 4.90 Å². The maximum absolute atomic E-state index is 13.0. The second-order valence-electron chi connectivity index (χ2n) is 7.52. The highest BCUT2D eigenvalue weighted by atomic mass is 32.2. The van der Waals surface area contributed by atoms with Crippen molar-refractivity contribution in [3.8, 4) is 0 Å². The Hall–Kier alpha value is -2.56. The van der Waals surface area contributed by atoms with Gasteiger partial charge in [-0.3, -0.25) is 9.59 Å². The number of rotatable bonds is 6. The number of nitrogens with one attached hydrogen (secondary N) is 1. The molecule has 10 heteroatoms. The molecule has 0 unspecified atom stereocenters. The first-order chi connectivity index (χ1) is 14.5.